The number of aromatic nitrogens is 3. The molecule has 0 spiro atoms. The highest BCUT2D eigenvalue weighted by molar-refractivity contribution is 7.89. The first kappa shape index (κ1) is 19.4. The van der Waals surface area contributed by atoms with Gasteiger partial charge in [0.05, 0.1) is 6.20 Å². The van der Waals surface area contributed by atoms with Crippen LogP contribution in [-0.2, 0) is 23.5 Å². The summed E-state index contributed by atoms with van der Waals surface area (Å²) in [6.45, 7) is 4.47. The predicted molar refractivity (Wildman–Crippen MR) is 108 cm³/mol. The molecule has 2 fully saturated rings. The van der Waals surface area contributed by atoms with E-state index in [4.69, 9.17) is 0 Å². The number of rotatable bonds is 5. The molecule has 9 heteroatoms. The van der Waals surface area contributed by atoms with Crippen molar-refractivity contribution in [1.82, 2.24) is 24.0 Å². The zero-order chi connectivity index (χ0) is 19.7. The van der Waals surface area contributed by atoms with Gasteiger partial charge in [0.15, 0.2) is 0 Å². The van der Waals surface area contributed by atoms with Crippen molar-refractivity contribution >= 4 is 15.8 Å². The van der Waals surface area contributed by atoms with E-state index in [-0.39, 0.29) is 4.90 Å². The van der Waals surface area contributed by atoms with Crippen molar-refractivity contribution in [1.29, 1.82) is 0 Å². The zero-order valence-corrected chi connectivity index (χ0v) is 17.3. The topological polar surface area (TPSA) is 74.6 Å². The van der Waals surface area contributed by atoms with Gasteiger partial charge in [-0.3, -0.25) is 4.68 Å². The fourth-order valence-corrected chi connectivity index (χ4v) is 5.38. The number of likely N-dealkylation sites (N-methyl/N-ethyl adjacent to an activating group) is 1. The van der Waals surface area contributed by atoms with Gasteiger partial charge in [0.1, 0.15) is 10.7 Å². The molecule has 1 atom stereocenters. The largest absolute Gasteiger partial charge is 0.356 e. The van der Waals surface area contributed by atoms with Gasteiger partial charge in [0.2, 0.25) is 10.0 Å². The summed E-state index contributed by atoms with van der Waals surface area (Å²) < 4.78 is 29.1. The number of nitrogens with zero attached hydrogens (tertiary/aromatic N) is 6. The third-order valence-corrected chi connectivity index (χ3v) is 7.60. The molecule has 1 unspecified atom stereocenters. The molecule has 0 bridgehead atoms. The smallest absolute Gasteiger partial charge is 0.244 e. The number of pyridine rings is 1. The predicted octanol–water partition coefficient (Wildman–Crippen LogP) is 0.820. The van der Waals surface area contributed by atoms with Crippen molar-refractivity contribution in [2.45, 2.75) is 17.7 Å². The minimum atomic E-state index is -3.46. The summed E-state index contributed by atoms with van der Waals surface area (Å²) in [7, 11) is 0.490. The highest BCUT2D eigenvalue weighted by Crippen LogP contribution is 2.26. The molecule has 2 aromatic rings. The Hall–Kier alpha value is -1.97. The Balaban J connectivity index is 1.39. The quantitative estimate of drug-likeness (QED) is 0.735. The Bertz CT molecular complexity index is 903. The van der Waals surface area contributed by atoms with E-state index in [2.05, 4.69) is 26.1 Å². The normalized spacial score (nSPS) is 22.1. The molecule has 2 aliphatic heterocycles. The zero-order valence-electron chi connectivity index (χ0n) is 16.5. The second-order valence-electron chi connectivity index (χ2n) is 7.89. The fourth-order valence-electron chi connectivity index (χ4n) is 4.01. The molecule has 0 saturated carbocycles. The number of anilines is 1. The van der Waals surface area contributed by atoms with Crippen molar-refractivity contribution in [2.75, 3.05) is 51.2 Å². The van der Waals surface area contributed by atoms with E-state index >= 15 is 0 Å². The highest BCUT2D eigenvalue weighted by Gasteiger charge is 2.29. The standard InChI is InChI=1S/C19H28N6O2S/c1-22-7-9-25(10-8-22)28(26,27)18-3-4-19(20-13-18)24-6-5-16(15-24)11-17-12-21-23(2)14-17/h3-4,12-14,16H,5-11,15H2,1-2H3. The van der Waals surface area contributed by atoms with Gasteiger partial charge in [-0.15, -0.1) is 0 Å². The van der Waals surface area contributed by atoms with Crippen LogP contribution in [0.3, 0.4) is 0 Å². The molecular weight excluding hydrogens is 376 g/mol. The minimum absolute atomic E-state index is 0.284. The van der Waals surface area contributed by atoms with E-state index < -0.39 is 10.0 Å². The number of hydrogen-bond donors (Lipinski definition) is 0. The van der Waals surface area contributed by atoms with Gasteiger partial charge in [0.25, 0.3) is 0 Å². The van der Waals surface area contributed by atoms with Crippen LogP contribution in [0, 0.1) is 5.92 Å². The second-order valence-corrected chi connectivity index (χ2v) is 9.82. The van der Waals surface area contributed by atoms with E-state index in [9.17, 15) is 8.42 Å². The monoisotopic (exact) mass is 404 g/mol. The Kier molecular flexibility index (Phi) is 5.39. The van der Waals surface area contributed by atoms with Crippen molar-refractivity contribution in [2.24, 2.45) is 13.0 Å². The minimum Gasteiger partial charge on any atom is -0.356 e. The van der Waals surface area contributed by atoms with Gasteiger partial charge in [0, 0.05) is 58.7 Å². The van der Waals surface area contributed by atoms with Crippen molar-refractivity contribution in [3.05, 3.63) is 36.3 Å². The lowest BCUT2D eigenvalue weighted by atomic mass is 10.0. The maximum absolute atomic E-state index is 12.8. The molecule has 2 aromatic heterocycles. The van der Waals surface area contributed by atoms with Gasteiger partial charge in [-0.25, -0.2) is 13.4 Å². The summed E-state index contributed by atoms with van der Waals surface area (Å²) >= 11 is 0. The number of sulfonamides is 1. The number of aryl methyl sites for hydroxylation is 1. The molecule has 0 amide bonds. The average Bonchev–Trinajstić information content (AvgIpc) is 3.31. The maximum Gasteiger partial charge on any atom is 0.244 e. The molecule has 0 radical (unpaired) electrons. The second kappa shape index (κ2) is 7.81. The van der Waals surface area contributed by atoms with Crippen molar-refractivity contribution in [3.63, 3.8) is 0 Å². The molecule has 28 heavy (non-hydrogen) atoms. The van der Waals surface area contributed by atoms with E-state index in [1.807, 2.05) is 31.0 Å². The van der Waals surface area contributed by atoms with Crippen molar-refractivity contribution in [3.8, 4) is 0 Å². The Labute approximate surface area is 166 Å². The van der Waals surface area contributed by atoms with E-state index in [0.29, 0.717) is 19.0 Å². The first-order valence-corrected chi connectivity index (χ1v) is 11.2. The van der Waals surface area contributed by atoms with Crippen LogP contribution in [0.2, 0.25) is 0 Å². The van der Waals surface area contributed by atoms with E-state index in [1.54, 1.807) is 10.4 Å². The van der Waals surface area contributed by atoms with Gasteiger partial charge in [-0.05, 0) is 43.5 Å². The lowest BCUT2D eigenvalue weighted by Crippen LogP contribution is -2.47. The molecule has 0 aromatic carbocycles. The molecule has 2 aliphatic rings. The van der Waals surface area contributed by atoms with Crippen LogP contribution in [0.5, 0.6) is 0 Å². The first-order valence-electron chi connectivity index (χ1n) is 9.79. The summed E-state index contributed by atoms with van der Waals surface area (Å²) in [6, 6.07) is 3.54. The van der Waals surface area contributed by atoms with Crippen LogP contribution in [0.25, 0.3) is 0 Å². The lowest BCUT2D eigenvalue weighted by Gasteiger charge is -2.31. The summed E-state index contributed by atoms with van der Waals surface area (Å²) in [5, 5.41) is 4.24. The van der Waals surface area contributed by atoms with Crippen molar-refractivity contribution < 1.29 is 8.42 Å². The van der Waals surface area contributed by atoms with Gasteiger partial charge < -0.3 is 9.80 Å². The van der Waals surface area contributed by atoms with Crippen LogP contribution in [-0.4, -0.2) is 78.7 Å². The molecular formula is C19H28N6O2S. The van der Waals surface area contributed by atoms with Crippen LogP contribution in [0.15, 0.2) is 35.6 Å². The summed E-state index contributed by atoms with van der Waals surface area (Å²) in [5.41, 5.74) is 1.26. The number of piperazine rings is 1. The Morgan fingerprint density at radius 1 is 1.07 bits per heavy atom. The average molecular weight is 405 g/mol. The van der Waals surface area contributed by atoms with Gasteiger partial charge in [-0.2, -0.15) is 9.40 Å². The molecule has 8 nitrogen and oxygen atoms in total. The van der Waals surface area contributed by atoms with Crippen LogP contribution < -0.4 is 4.90 Å². The maximum atomic E-state index is 12.8. The molecule has 0 N–H and O–H groups in total. The summed E-state index contributed by atoms with van der Waals surface area (Å²) in [6.07, 6.45) is 7.63. The molecule has 2 saturated heterocycles. The lowest BCUT2D eigenvalue weighted by molar-refractivity contribution is 0.222. The molecule has 0 aliphatic carbocycles. The summed E-state index contributed by atoms with van der Waals surface area (Å²) in [5.74, 6) is 1.42. The van der Waals surface area contributed by atoms with Gasteiger partial charge in [-0.1, -0.05) is 0 Å². The summed E-state index contributed by atoms with van der Waals surface area (Å²) in [4.78, 5) is 9.14. The molecule has 4 heterocycles. The highest BCUT2D eigenvalue weighted by atomic mass is 32.2. The van der Waals surface area contributed by atoms with Gasteiger partial charge >= 0.3 is 0 Å². The Morgan fingerprint density at radius 3 is 2.50 bits per heavy atom. The third-order valence-electron chi connectivity index (χ3n) is 5.71. The molecule has 152 valence electrons. The van der Waals surface area contributed by atoms with Crippen LogP contribution in [0.4, 0.5) is 5.82 Å². The van der Waals surface area contributed by atoms with E-state index in [1.165, 1.54) is 11.8 Å². The SMILES string of the molecule is CN1CCN(S(=O)(=O)c2ccc(N3CCC(Cc4cnn(C)c4)C3)nc2)CC1. The Morgan fingerprint density at radius 2 is 1.86 bits per heavy atom. The van der Waals surface area contributed by atoms with Crippen LogP contribution in [0.1, 0.15) is 12.0 Å². The first-order chi connectivity index (χ1) is 13.4. The third kappa shape index (κ3) is 4.06. The van der Waals surface area contributed by atoms with Crippen LogP contribution >= 0.6 is 0 Å². The fraction of sp³-hybridized carbons (Fsp3) is 0.579. The van der Waals surface area contributed by atoms with E-state index in [0.717, 1.165) is 44.8 Å². The molecule has 4 rings (SSSR count). The number of hydrogen-bond acceptors (Lipinski definition) is 6.